The summed E-state index contributed by atoms with van der Waals surface area (Å²) in [5.41, 5.74) is 7.90. The lowest BCUT2D eigenvalue weighted by Crippen LogP contribution is -2.24. The maximum absolute atomic E-state index is 14.5. The fraction of sp³-hybridized carbons (Fsp3) is 0.318. The van der Waals surface area contributed by atoms with Gasteiger partial charge in [-0.1, -0.05) is 0 Å². The first-order valence-electron chi connectivity index (χ1n) is 20.8. The standard InChI is InChI=1S/2C22H20F2N6O/c23-15-3-4-17(24)16(10-15)19-2-1-7-28(19)21-5-8-29-22(26-21)20(11-25-29)30-12-14-13-31-9-6-18(14)27-30;23-15-3-4-17(24)16(10-15)19-2-1-7-28(19)21-5-8-29-22(27-21)20(12-25-29)30-18-6-9-31-13-14(18)11-26-30/h2*3-5,8,10-12,19H,1-2,6-7,9,13H2/t2*19-/m11/s1. The van der Waals surface area contributed by atoms with E-state index in [2.05, 4.69) is 15.3 Å². The van der Waals surface area contributed by atoms with Crippen LogP contribution < -0.4 is 9.80 Å². The van der Waals surface area contributed by atoms with E-state index in [0.717, 1.165) is 97.6 Å². The lowest BCUT2D eigenvalue weighted by molar-refractivity contribution is 0.109. The second-order valence-corrected chi connectivity index (χ2v) is 15.9. The summed E-state index contributed by atoms with van der Waals surface area (Å²) in [5.74, 6) is -0.234. The molecule has 0 unspecified atom stereocenters. The predicted molar refractivity (Wildman–Crippen MR) is 218 cm³/mol. The van der Waals surface area contributed by atoms with Crippen LogP contribution in [0.4, 0.5) is 29.2 Å². The third kappa shape index (κ3) is 6.82. The summed E-state index contributed by atoms with van der Waals surface area (Å²) in [5, 5.41) is 18.1. The fourth-order valence-electron chi connectivity index (χ4n) is 9.20. The van der Waals surface area contributed by atoms with Crippen LogP contribution >= 0.6 is 0 Å². The van der Waals surface area contributed by atoms with E-state index in [1.54, 1.807) is 26.1 Å². The molecule has 0 spiro atoms. The average molecular weight is 845 g/mol. The Morgan fingerprint density at radius 2 is 1.19 bits per heavy atom. The van der Waals surface area contributed by atoms with Gasteiger partial charge in [-0.3, -0.25) is 0 Å². The second kappa shape index (κ2) is 15.7. The van der Waals surface area contributed by atoms with Crippen LogP contribution in [-0.2, 0) is 35.5 Å². The van der Waals surface area contributed by atoms with Crippen LogP contribution in [0.1, 0.15) is 71.4 Å². The van der Waals surface area contributed by atoms with E-state index in [4.69, 9.17) is 24.5 Å². The molecule has 0 N–H and O–H groups in total. The van der Waals surface area contributed by atoms with Gasteiger partial charge in [-0.05, 0) is 74.2 Å². The molecule has 2 aromatic carbocycles. The van der Waals surface area contributed by atoms with E-state index >= 15 is 0 Å². The van der Waals surface area contributed by atoms with Gasteiger partial charge in [-0.15, -0.1) is 0 Å². The minimum Gasteiger partial charge on any atom is -0.376 e. The molecular weight excluding hydrogens is 805 g/mol. The normalized spacial score (nSPS) is 18.6. The van der Waals surface area contributed by atoms with Crippen LogP contribution in [0.15, 0.2) is 85.7 Å². The van der Waals surface area contributed by atoms with Crippen LogP contribution in [0.2, 0.25) is 0 Å². The number of halogens is 4. The molecule has 2 saturated heterocycles. The Kier molecular flexibility index (Phi) is 9.67. The Morgan fingerprint density at radius 1 is 0.613 bits per heavy atom. The molecule has 14 nitrogen and oxygen atoms in total. The molecule has 2 fully saturated rings. The molecule has 0 radical (unpaired) electrons. The highest BCUT2D eigenvalue weighted by molar-refractivity contribution is 5.63. The van der Waals surface area contributed by atoms with Crippen molar-refractivity contribution < 1.29 is 27.0 Å². The van der Waals surface area contributed by atoms with Gasteiger partial charge in [0.2, 0.25) is 0 Å². The van der Waals surface area contributed by atoms with Crippen molar-refractivity contribution in [3.8, 4) is 11.4 Å². The molecule has 18 heteroatoms. The van der Waals surface area contributed by atoms with Crippen molar-refractivity contribution >= 4 is 22.9 Å². The minimum absolute atomic E-state index is 0.258. The lowest BCUT2D eigenvalue weighted by atomic mass is 10.0. The number of nitrogens with zero attached hydrogens (tertiary/aromatic N) is 12. The summed E-state index contributed by atoms with van der Waals surface area (Å²) in [4.78, 5) is 13.8. The number of aromatic nitrogens is 10. The lowest BCUT2D eigenvalue weighted by Gasteiger charge is -2.26. The van der Waals surface area contributed by atoms with E-state index < -0.39 is 23.3 Å². The van der Waals surface area contributed by atoms with Crippen LogP contribution in [0.25, 0.3) is 22.7 Å². The summed E-state index contributed by atoms with van der Waals surface area (Å²) in [6.07, 6.45) is 15.8. The number of hydrogen-bond acceptors (Lipinski definition) is 10. The fourth-order valence-corrected chi connectivity index (χ4v) is 9.20. The van der Waals surface area contributed by atoms with E-state index in [0.29, 0.717) is 60.5 Å². The number of benzene rings is 2. The zero-order chi connectivity index (χ0) is 41.9. The number of hydrogen-bond donors (Lipinski definition) is 0. The van der Waals surface area contributed by atoms with Crippen molar-refractivity contribution in [1.29, 1.82) is 0 Å². The van der Waals surface area contributed by atoms with E-state index in [9.17, 15) is 17.6 Å². The monoisotopic (exact) mass is 844 g/mol. The first-order chi connectivity index (χ1) is 30.4. The van der Waals surface area contributed by atoms with Crippen LogP contribution in [-0.4, -0.2) is 75.1 Å². The first kappa shape index (κ1) is 38.3. The smallest absolute Gasteiger partial charge is 0.183 e. The molecule has 8 aromatic rings. The molecule has 62 heavy (non-hydrogen) atoms. The van der Waals surface area contributed by atoms with Crippen molar-refractivity contribution in [2.45, 2.75) is 63.8 Å². The summed E-state index contributed by atoms with van der Waals surface area (Å²) in [6, 6.07) is 10.5. The van der Waals surface area contributed by atoms with Gasteiger partial charge >= 0.3 is 0 Å². The van der Waals surface area contributed by atoms with E-state index in [-0.39, 0.29) is 12.1 Å². The molecule has 316 valence electrons. The largest absolute Gasteiger partial charge is 0.376 e. The molecule has 10 heterocycles. The number of anilines is 2. The molecule has 0 aliphatic carbocycles. The number of rotatable bonds is 6. The molecule has 4 aliphatic heterocycles. The Morgan fingerprint density at radius 3 is 1.82 bits per heavy atom. The zero-order valence-corrected chi connectivity index (χ0v) is 33.4. The summed E-state index contributed by atoms with van der Waals surface area (Å²) < 4.78 is 74.7. The molecule has 4 aliphatic rings. The van der Waals surface area contributed by atoms with Gasteiger partial charge in [-0.2, -0.15) is 20.4 Å². The highest BCUT2D eigenvalue weighted by Gasteiger charge is 2.32. The van der Waals surface area contributed by atoms with Gasteiger partial charge in [0.25, 0.3) is 0 Å². The maximum atomic E-state index is 14.5. The van der Waals surface area contributed by atoms with Crippen molar-refractivity contribution in [3.63, 3.8) is 0 Å². The molecule has 0 bridgehead atoms. The Bertz CT molecular complexity index is 2930. The van der Waals surface area contributed by atoms with Crippen molar-refractivity contribution in [2.24, 2.45) is 0 Å². The van der Waals surface area contributed by atoms with Gasteiger partial charge in [0.15, 0.2) is 11.3 Å². The van der Waals surface area contributed by atoms with Gasteiger partial charge in [0.1, 0.15) is 46.3 Å². The van der Waals surface area contributed by atoms with Crippen molar-refractivity contribution in [2.75, 3.05) is 36.1 Å². The topological polar surface area (TPSA) is 121 Å². The molecule has 0 saturated carbocycles. The summed E-state index contributed by atoms with van der Waals surface area (Å²) >= 11 is 0. The molecule has 6 aromatic heterocycles. The van der Waals surface area contributed by atoms with Crippen LogP contribution in [0, 0.1) is 23.3 Å². The average Bonchev–Trinajstić information content (AvgIpc) is 4.16. The Balaban J connectivity index is 0.000000139. The van der Waals surface area contributed by atoms with Gasteiger partial charge in [-0.25, -0.2) is 45.9 Å². The minimum atomic E-state index is -0.434. The van der Waals surface area contributed by atoms with E-state index in [1.165, 1.54) is 24.3 Å². The summed E-state index contributed by atoms with van der Waals surface area (Å²) in [6.45, 7) is 3.89. The molecular formula is C44H40F4N12O2. The van der Waals surface area contributed by atoms with Gasteiger partial charge in [0.05, 0.1) is 68.5 Å². The van der Waals surface area contributed by atoms with Gasteiger partial charge < -0.3 is 19.3 Å². The molecule has 12 rings (SSSR count). The zero-order valence-electron chi connectivity index (χ0n) is 33.4. The third-order valence-corrected chi connectivity index (χ3v) is 12.2. The van der Waals surface area contributed by atoms with E-state index in [1.807, 2.05) is 51.4 Å². The second-order valence-electron chi connectivity index (χ2n) is 15.9. The quantitative estimate of drug-likeness (QED) is 0.159. The Labute approximate surface area is 351 Å². The van der Waals surface area contributed by atoms with Crippen LogP contribution in [0.5, 0.6) is 0 Å². The highest BCUT2D eigenvalue weighted by atomic mass is 19.1. The van der Waals surface area contributed by atoms with Crippen molar-refractivity contribution in [1.82, 2.24) is 48.8 Å². The SMILES string of the molecule is Fc1ccc(F)c([C@H]2CCCN2c2ccn3ncc(-n4cc5c(n4)CCOC5)c3n2)c1.Fc1ccc(F)c([C@H]2CCCN2c2ccn3ncc(-n4ncc5c4CCOC5)c3n2)c1. The molecule has 2 atom stereocenters. The molecule has 0 amide bonds. The predicted octanol–water partition coefficient (Wildman–Crippen LogP) is 7.21. The summed E-state index contributed by atoms with van der Waals surface area (Å²) in [7, 11) is 0. The highest BCUT2D eigenvalue weighted by Crippen LogP contribution is 2.39. The van der Waals surface area contributed by atoms with Crippen molar-refractivity contribution in [3.05, 3.63) is 143 Å². The number of fused-ring (bicyclic) bond motifs is 4. The Hall–Kier alpha value is -6.66. The first-order valence-corrected chi connectivity index (χ1v) is 20.8. The third-order valence-electron chi connectivity index (χ3n) is 12.2. The number of ether oxygens (including phenoxy) is 2. The maximum Gasteiger partial charge on any atom is 0.183 e. The van der Waals surface area contributed by atoms with Crippen LogP contribution in [0.3, 0.4) is 0 Å². The van der Waals surface area contributed by atoms with Gasteiger partial charge in [0, 0.05) is 66.8 Å².